The molecule has 0 amide bonds. The predicted octanol–water partition coefficient (Wildman–Crippen LogP) is 0.717. The average Bonchev–Trinajstić information content (AvgIpc) is 2.66. The van der Waals surface area contributed by atoms with Gasteiger partial charge in [0.15, 0.2) is 0 Å². The van der Waals surface area contributed by atoms with E-state index in [0.717, 1.165) is 38.5 Å². The first kappa shape index (κ1) is 11.4. The van der Waals surface area contributed by atoms with Crippen LogP contribution in [0.15, 0.2) is 0 Å². The van der Waals surface area contributed by atoms with Crippen molar-refractivity contribution < 1.29 is 13.5 Å². The maximum atomic E-state index is 11.9. The van der Waals surface area contributed by atoms with Gasteiger partial charge in [-0.2, -0.15) is 4.31 Å². The summed E-state index contributed by atoms with van der Waals surface area (Å²) in [4.78, 5) is 0. The Morgan fingerprint density at radius 3 is 2.33 bits per heavy atom. The summed E-state index contributed by atoms with van der Waals surface area (Å²) in [6, 6.07) is 0. The van der Waals surface area contributed by atoms with Gasteiger partial charge in [0.1, 0.15) is 0 Å². The van der Waals surface area contributed by atoms with Gasteiger partial charge in [0, 0.05) is 6.54 Å². The van der Waals surface area contributed by atoms with Crippen molar-refractivity contribution in [2.24, 2.45) is 0 Å². The second-order valence-electron chi connectivity index (χ2n) is 4.68. The van der Waals surface area contributed by atoms with Gasteiger partial charge in [0.2, 0.25) is 10.0 Å². The molecule has 0 spiro atoms. The first-order chi connectivity index (χ1) is 7.11. The molecule has 1 saturated carbocycles. The zero-order chi connectivity index (χ0) is 10.9. The van der Waals surface area contributed by atoms with Crippen LogP contribution in [0.3, 0.4) is 0 Å². The Balaban J connectivity index is 2.26. The highest BCUT2D eigenvalue weighted by Gasteiger charge is 2.45. The number of nitrogens with zero attached hydrogens (tertiary/aromatic N) is 1. The Kier molecular flexibility index (Phi) is 3.05. The van der Waals surface area contributed by atoms with E-state index in [9.17, 15) is 13.5 Å². The molecule has 1 N–H and O–H groups in total. The molecule has 0 atom stereocenters. The molecule has 0 aromatic rings. The molecule has 0 aromatic carbocycles. The largest absolute Gasteiger partial charge is 0.394 e. The third-order valence-electron chi connectivity index (χ3n) is 3.71. The van der Waals surface area contributed by atoms with Gasteiger partial charge in [-0.15, -0.1) is 0 Å². The van der Waals surface area contributed by atoms with E-state index in [2.05, 4.69) is 0 Å². The van der Waals surface area contributed by atoms with Gasteiger partial charge in [-0.1, -0.05) is 12.8 Å². The van der Waals surface area contributed by atoms with Crippen LogP contribution in [0, 0.1) is 0 Å². The minimum Gasteiger partial charge on any atom is -0.394 e. The second-order valence-corrected chi connectivity index (χ2v) is 6.70. The van der Waals surface area contributed by atoms with Crippen molar-refractivity contribution in [3.63, 3.8) is 0 Å². The van der Waals surface area contributed by atoms with Gasteiger partial charge < -0.3 is 5.11 Å². The number of sulfonamides is 1. The highest BCUT2D eigenvalue weighted by molar-refractivity contribution is 7.89. The van der Waals surface area contributed by atoms with Crippen LogP contribution in [0.1, 0.15) is 38.5 Å². The first-order valence-electron chi connectivity index (χ1n) is 5.72. The molecule has 0 bridgehead atoms. The van der Waals surface area contributed by atoms with Crippen molar-refractivity contribution in [2.45, 2.75) is 44.1 Å². The summed E-state index contributed by atoms with van der Waals surface area (Å²) in [6.45, 7) is 0.578. The molecule has 1 aliphatic carbocycles. The predicted molar refractivity (Wildman–Crippen MR) is 58.0 cm³/mol. The fourth-order valence-corrected chi connectivity index (χ4v) is 4.87. The molecular weight excluding hydrogens is 214 g/mol. The van der Waals surface area contributed by atoms with E-state index in [1.54, 1.807) is 4.31 Å². The van der Waals surface area contributed by atoms with Crippen molar-refractivity contribution >= 4 is 10.0 Å². The minimum atomic E-state index is -3.10. The molecule has 2 fully saturated rings. The molecule has 15 heavy (non-hydrogen) atoms. The van der Waals surface area contributed by atoms with Crippen molar-refractivity contribution in [1.82, 2.24) is 4.31 Å². The van der Waals surface area contributed by atoms with Crippen molar-refractivity contribution in [2.75, 3.05) is 18.9 Å². The van der Waals surface area contributed by atoms with Gasteiger partial charge in [0.05, 0.1) is 17.9 Å². The monoisotopic (exact) mass is 233 g/mol. The maximum absolute atomic E-state index is 11.9. The minimum absolute atomic E-state index is 0.0216. The van der Waals surface area contributed by atoms with E-state index in [-0.39, 0.29) is 12.4 Å². The number of aliphatic hydroxyl groups excluding tert-OH is 1. The van der Waals surface area contributed by atoms with Gasteiger partial charge >= 0.3 is 0 Å². The summed E-state index contributed by atoms with van der Waals surface area (Å²) in [5.41, 5.74) is -0.459. The molecule has 0 radical (unpaired) electrons. The van der Waals surface area contributed by atoms with Gasteiger partial charge in [-0.25, -0.2) is 8.42 Å². The lowest BCUT2D eigenvalue weighted by Crippen LogP contribution is -2.55. The Labute approximate surface area is 91.3 Å². The van der Waals surface area contributed by atoms with Crippen LogP contribution in [-0.4, -0.2) is 42.3 Å². The Bertz CT molecular complexity index is 320. The van der Waals surface area contributed by atoms with Gasteiger partial charge in [-0.3, -0.25) is 0 Å². The smallest absolute Gasteiger partial charge is 0.214 e. The van der Waals surface area contributed by atoms with Crippen LogP contribution in [0.5, 0.6) is 0 Å². The SMILES string of the molecule is O=S1(=O)CCCCN1C1(CO)CCCC1. The van der Waals surface area contributed by atoms with Crippen LogP contribution < -0.4 is 0 Å². The molecule has 2 rings (SSSR count). The fraction of sp³-hybridized carbons (Fsp3) is 1.00. The van der Waals surface area contributed by atoms with Crippen molar-refractivity contribution in [3.8, 4) is 0 Å². The lowest BCUT2D eigenvalue weighted by molar-refractivity contribution is 0.0913. The molecule has 88 valence electrons. The van der Waals surface area contributed by atoms with Gasteiger partial charge in [-0.05, 0) is 25.7 Å². The van der Waals surface area contributed by atoms with Crippen LogP contribution in [0.4, 0.5) is 0 Å². The normalized spacial score (nSPS) is 30.5. The Morgan fingerprint density at radius 2 is 1.80 bits per heavy atom. The van der Waals surface area contributed by atoms with E-state index in [1.165, 1.54) is 0 Å². The molecule has 1 saturated heterocycles. The quantitative estimate of drug-likeness (QED) is 0.764. The maximum Gasteiger partial charge on any atom is 0.214 e. The van der Waals surface area contributed by atoms with Crippen molar-refractivity contribution in [3.05, 3.63) is 0 Å². The third-order valence-corrected chi connectivity index (χ3v) is 5.75. The summed E-state index contributed by atoms with van der Waals surface area (Å²) >= 11 is 0. The Hall–Kier alpha value is -0.130. The van der Waals surface area contributed by atoms with Crippen LogP contribution in [0.2, 0.25) is 0 Å². The molecule has 4 nitrogen and oxygen atoms in total. The standard InChI is InChI=1S/C10H19NO3S/c12-9-10(5-1-2-6-10)11-7-3-4-8-15(11,13)14/h12H,1-9H2. The highest BCUT2D eigenvalue weighted by Crippen LogP contribution is 2.38. The molecule has 1 heterocycles. The fourth-order valence-electron chi connectivity index (χ4n) is 2.84. The summed E-state index contributed by atoms with van der Waals surface area (Å²) in [5, 5.41) is 9.49. The summed E-state index contributed by atoms with van der Waals surface area (Å²) < 4.78 is 25.5. The zero-order valence-electron chi connectivity index (χ0n) is 8.98. The molecule has 1 aliphatic heterocycles. The Morgan fingerprint density at radius 1 is 1.13 bits per heavy atom. The van der Waals surface area contributed by atoms with Crippen LogP contribution >= 0.6 is 0 Å². The van der Waals surface area contributed by atoms with Gasteiger partial charge in [0.25, 0.3) is 0 Å². The highest BCUT2D eigenvalue weighted by atomic mass is 32.2. The third kappa shape index (κ3) is 1.92. The molecule has 0 unspecified atom stereocenters. The summed E-state index contributed by atoms with van der Waals surface area (Å²) in [7, 11) is -3.10. The van der Waals surface area contributed by atoms with Crippen LogP contribution in [-0.2, 0) is 10.0 Å². The van der Waals surface area contributed by atoms with Crippen LogP contribution in [0.25, 0.3) is 0 Å². The lowest BCUT2D eigenvalue weighted by atomic mass is 9.98. The first-order valence-corrected chi connectivity index (χ1v) is 7.33. The van der Waals surface area contributed by atoms with E-state index < -0.39 is 15.6 Å². The van der Waals surface area contributed by atoms with E-state index in [4.69, 9.17) is 0 Å². The lowest BCUT2D eigenvalue weighted by Gasteiger charge is -2.41. The summed E-state index contributed by atoms with van der Waals surface area (Å²) in [6.07, 6.45) is 5.41. The zero-order valence-corrected chi connectivity index (χ0v) is 9.80. The second kappa shape index (κ2) is 4.03. The average molecular weight is 233 g/mol. The van der Waals surface area contributed by atoms with E-state index >= 15 is 0 Å². The number of rotatable bonds is 2. The van der Waals surface area contributed by atoms with Crippen molar-refractivity contribution in [1.29, 1.82) is 0 Å². The van der Waals surface area contributed by atoms with E-state index in [1.807, 2.05) is 0 Å². The number of hydrogen-bond donors (Lipinski definition) is 1. The molecule has 2 aliphatic rings. The van der Waals surface area contributed by atoms with E-state index in [0.29, 0.717) is 6.54 Å². The molecule has 5 heteroatoms. The summed E-state index contributed by atoms with van der Waals surface area (Å²) in [5.74, 6) is 0.259. The number of hydrogen-bond acceptors (Lipinski definition) is 3. The molecule has 0 aromatic heterocycles. The number of aliphatic hydroxyl groups is 1. The molecular formula is C10H19NO3S. The topological polar surface area (TPSA) is 57.6 Å².